The summed E-state index contributed by atoms with van der Waals surface area (Å²) in [6.45, 7) is 7.19. The summed E-state index contributed by atoms with van der Waals surface area (Å²) < 4.78 is 0. The summed E-state index contributed by atoms with van der Waals surface area (Å²) in [5.74, 6) is 0.712. The van der Waals surface area contributed by atoms with Gasteiger partial charge in [0.15, 0.2) is 0 Å². The fourth-order valence-electron chi connectivity index (χ4n) is 2.55. The van der Waals surface area contributed by atoms with Gasteiger partial charge in [-0.1, -0.05) is 6.07 Å². The third kappa shape index (κ3) is 4.46. The van der Waals surface area contributed by atoms with E-state index in [0.29, 0.717) is 5.92 Å². The number of amides is 1. The van der Waals surface area contributed by atoms with Gasteiger partial charge in [0.1, 0.15) is 0 Å². The normalized spacial score (nSPS) is 19.6. The molecular weight excluding hydrogens is 268 g/mol. The Bertz CT molecular complexity index is 433. The number of nitrogens with one attached hydrogen (secondary N) is 1. The highest BCUT2D eigenvalue weighted by atomic mass is 32.1. The van der Waals surface area contributed by atoms with Crippen molar-refractivity contribution in [1.82, 2.24) is 10.2 Å². The quantitative estimate of drug-likeness (QED) is 0.846. The lowest BCUT2D eigenvalue weighted by molar-refractivity contribution is -0.128. The van der Waals surface area contributed by atoms with Crippen LogP contribution in [0.3, 0.4) is 0 Å². The molecular formula is C16H24N2OS. The molecule has 1 aromatic heterocycles. The first-order chi connectivity index (χ1) is 9.66. The van der Waals surface area contributed by atoms with E-state index in [-0.39, 0.29) is 11.9 Å². The lowest BCUT2D eigenvalue weighted by Gasteiger charge is -2.32. The van der Waals surface area contributed by atoms with E-state index in [1.165, 1.54) is 12.8 Å². The molecule has 0 radical (unpaired) electrons. The second-order valence-corrected chi connectivity index (χ2v) is 6.62. The first-order valence-corrected chi connectivity index (χ1v) is 8.27. The number of rotatable bonds is 5. The summed E-state index contributed by atoms with van der Waals surface area (Å²) in [4.78, 5) is 15.5. The van der Waals surface area contributed by atoms with E-state index in [9.17, 15) is 4.79 Å². The molecule has 0 aromatic carbocycles. The molecule has 1 saturated heterocycles. The van der Waals surface area contributed by atoms with Crippen LogP contribution in [-0.2, 0) is 4.79 Å². The molecule has 1 aromatic rings. The van der Waals surface area contributed by atoms with Crippen LogP contribution in [0, 0.1) is 5.92 Å². The molecule has 4 heteroatoms. The van der Waals surface area contributed by atoms with Crippen LogP contribution in [0.4, 0.5) is 0 Å². The minimum atomic E-state index is 0.124. The molecule has 1 fully saturated rings. The number of carbonyl (C=O) groups excluding carboxylic acids is 1. The van der Waals surface area contributed by atoms with Crippen LogP contribution >= 0.6 is 11.3 Å². The highest BCUT2D eigenvalue weighted by Crippen LogP contribution is 2.15. The van der Waals surface area contributed by atoms with E-state index in [1.54, 1.807) is 17.4 Å². The minimum absolute atomic E-state index is 0.124. The van der Waals surface area contributed by atoms with E-state index in [2.05, 4.69) is 19.2 Å². The average molecular weight is 292 g/mol. The fourth-order valence-corrected chi connectivity index (χ4v) is 3.17. The third-order valence-corrected chi connectivity index (χ3v) is 4.53. The molecule has 1 atom stereocenters. The second kappa shape index (κ2) is 7.60. The van der Waals surface area contributed by atoms with E-state index in [0.717, 1.165) is 24.5 Å². The number of piperidine rings is 1. The number of hydrogen-bond donors (Lipinski definition) is 1. The van der Waals surface area contributed by atoms with Crippen molar-refractivity contribution in [2.24, 2.45) is 5.92 Å². The van der Waals surface area contributed by atoms with E-state index < -0.39 is 0 Å². The Balaban J connectivity index is 1.94. The molecule has 1 unspecified atom stereocenters. The molecule has 1 aliphatic rings. The number of carbonyl (C=O) groups is 1. The summed E-state index contributed by atoms with van der Waals surface area (Å²) in [5.41, 5.74) is 0. The minimum Gasteiger partial charge on any atom is -0.336 e. The van der Waals surface area contributed by atoms with Gasteiger partial charge in [-0.2, -0.15) is 0 Å². The molecule has 3 nitrogen and oxygen atoms in total. The SMILES string of the molecule is CC(C)N(CC1CCCNC1)C(=O)/C=C/c1cccs1. The van der Waals surface area contributed by atoms with Gasteiger partial charge in [-0.15, -0.1) is 11.3 Å². The van der Waals surface area contributed by atoms with Gasteiger partial charge in [-0.25, -0.2) is 0 Å². The molecule has 0 bridgehead atoms. The molecule has 0 aliphatic carbocycles. The highest BCUT2D eigenvalue weighted by Gasteiger charge is 2.21. The lowest BCUT2D eigenvalue weighted by Crippen LogP contribution is -2.43. The second-order valence-electron chi connectivity index (χ2n) is 5.65. The fraction of sp³-hybridized carbons (Fsp3) is 0.562. The topological polar surface area (TPSA) is 32.3 Å². The third-order valence-electron chi connectivity index (χ3n) is 3.69. The first kappa shape index (κ1) is 15.3. The molecule has 110 valence electrons. The van der Waals surface area contributed by atoms with Gasteiger partial charge in [-0.3, -0.25) is 4.79 Å². The zero-order valence-corrected chi connectivity index (χ0v) is 13.2. The maximum Gasteiger partial charge on any atom is 0.246 e. The lowest BCUT2D eigenvalue weighted by atomic mass is 9.98. The predicted molar refractivity (Wildman–Crippen MR) is 85.8 cm³/mol. The molecule has 1 N–H and O–H groups in total. The van der Waals surface area contributed by atoms with Crippen LogP contribution < -0.4 is 5.32 Å². The molecule has 0 spiro atoms. The smallest absolute Gasteiger partial charge is 0.246 e. The Kier molecular flexibility index (Phi) is 5.80. The molecule has 20 heavy (non-hydrogen) atoms. The van der Waals surface area contributed by atoms with Crippen molar-refractivity contribution in [3.05, 3.63) is 28.5 Å². The van der Waals surface area contributed by atoms with Gasteiger partial charge in [-0.05, 0) is 63.2 Å². The zero-order chi connectivity index (χ0) is 14.4. The maximum atomic E-state index is 12.4. The number of thiophene rings is 1. The Hall–Kier alpha value is -1.13. The van der Waals surface area contributed by atoms with Crippen LogP contribution in [0.5, 0.6) is 0 Å². The van der Waals surface area contributed by atoms with Gasteiger partial charge in [0.05, 0.1) is 0 Å². The van der Waals surface area contributed by atoms with Crippen LogP contribution in [0.2, 0.25) is 0 Å². The van der Waals surface area contributed by atoms with Crippen molar-refractivity contribution >= 4 is 23.3 Å². The van der Waals surface area contributed by atoms with Crippen LogP contribution in [0.15, 0.2) is 23.6 Å². The van der Waals surface area contributed by atoms with E-state index in [4.69, 9.17) is 0 Å². The van der Waals surface area contributed by atoms with Gasteiger partial charge in [0, 0.05) is 23.5 Å². The van der Waals surface area contributed by atoms with Gasteiger partial charge in [0.2, 0.25) is 5.91 Å². The first-order valence-electron chi connectivity index (χ1n) is 7.39. The van der Waals surface area contributed by atoms with Crippen LogP contribution in [-0.4, -0.2) is 36.5 Å². The highest BCUT2D eigenvalue weighted by molar-refractivity contribution is 7.10. The Morgan fingerprint density at radius 2 is 2.45 bits per heavy atom. The van der Waals surface area contributed by atoms with Crippen molar-refractivity contribution in [2.45, 2.75) is 32.7 Å². The average Bonchev–Trinajstić information content (AvgIpc) is 2.96. The van der Waals surface area contributed by atoms with E-state index >= 15 is 0 Å². The molecule has 0 saturated carbocycles. The maximum absolute atomic E-state index is 12.4. The molecule has 1 aliphatic heterocycles. The summed E-state index contributed by atoms with van der Waals surface area (Å²) in [5, 5.41) is 5.44. The summed E-state index contributed by atoms with van der Waals surface area (Å²) >= 11 is 1.65. The van der Waals surface area contributed by atoms with E-state index in [1.807, 2.05) is 28.5 Å². The summed E-state index contributed by atoms with van der Waals surface area (Å²) in [7, 11) is 0. The molecule has 1 amide bonds. The van der Waals surface area contributed by atoms with Gasteiger partial charge in [0.25, 0.3) is 0 Å². The Morgan fingerprint density at radius 1 is 1.60 bits per heavy atom. The van der Waals surface area contributed by atoms with Crippen LogP contribution in [0.25, 0.3) is 6.08 Å². The van der Waals surface area contributed by atoms with Gasteiger partial charge < -0.3 is 10.2 Å². The van der Waals surface area contributed by atoms with Crippen molar-refractivity contribution < 1.29 is 4.79 Å². The Labute approximate surface area is 125 Å². The summed E-state index contributed by atoms with van der Waals surface area (Å²) in [6, 6.07) is 4.28. The van der Waals surface area contributed by atoms with Crippen molar-refractivity contribution in [3.8, 4) is 0 Å². The summed E-state index contributed by atoms with van der Waals surface area (Å²) in [6.07, 6.45) is 6.07. The zero-order valence-electron chi connectivity index (χ0n) is 12.3. The van der Waals surface area contributed by atoms with Crippen molar-refractivity contribution in [3.63, 3.8) is 0 Å². The molecule has 2 heterocycles. The molecule has 2 rings (SSSR count). The van der Waals surface area contributed by atoms with Crippen molar-refractivity contribution in [1.29, 1.82) is 0 Å². The standard InChI is InChI=1S/C16H24N2OS/c1-13(2)18(12-14-5-3-9-17-11-14)16(19)8-7-15-6-4-10-20-15/h4,6-8,10,13-14,17H,3,5,9,11-12H2,1-2H3/b8-7+. The largest absolute Gasteiger partial charge is 0.336 e. The predicted octanol–water partition coefficient (Wildman–Crippen LogP) is 3.00. The number of nitrogens with zero attached hydrogens (tertiary/aromatic N) is 1. The van der Waals surface area contributed by atoms with Crippen LogP contribution in [0.1, 0.15) is 31.6 Å². The van der Waals surface area contributed by atoms with Gasteiger partial charge >= 0.3 is 0 Å². The monoisotopic (exact) mass is 292 g/mol. The Morgan fingerprint density at radius 3 is 3.05 bits per heavy atom. The van der Waals surface area contributed by atoms with Crippen molar-refractivity contribution in [2.75, 3.05) is 19.6 Å². The number of hydrogen-bond acceptors (Lipinski definition) is 3.